The topological polar surface area (TPSA) is 64.8 Å². The number of aryl methyl sites for hydroxylation is 1. The van der Waals surface area contributed by atoms with Gasteiger partial charge >= 0.3 is 0 Å². The molecule has 3 heterocycles. The fourth-order valence-electron chi connectivity index (χ4n) is 3.84. The summed E-state index contributed by atoms with van der Waals surface area (Å²) in [6, 6.07) is 7.49. The molecule has 0 bridgehead atoms. The summed E-state index contributed by atoms with van der Waals surface area (Å²) in [5.41, 5.74) is 0.647. The highest BCUT2D eigenvalue weighted by atomic mass is 16.5. The number of pyridine rings is 1. The highest BCUT2D eigenvalue weighted by Gasteiger charge is 2.43. The van der Waals surface area contributed by atoms with Crippen molar-refractivity contribution in [2.45, 2.75) is 31.9 Å². The number of furan rings is 1. The Morgan fingerprint density at radius 3 is 3.04 bits per heavy atom. The number of morpholine rings is 1. The van der Waals surface area contributed by atoms with Crippen molar-refractivity contribution in [3.05, 3.63) is 48.0 Å². The van der Waals surface area contributed by atoms with Crippen LogP contribution in [0.15, 0.2) is 41.1 Å². The summed E-state index contributed by atoms with van der Waals surface area (Å²) in [5, 5.41) is 0. The summed E-state index contributed by atoms with van der Waals surface area (Å²) in [4.78, 5) is 19.0. The molecule has 0 radical (unpaired) electrons. The number of fused-ring (bicyclic) bond motifs is 1. The summed E-state index contributed by atoms with van der Waals surface area (Å²) >= 11 is 0. The zero-order valence-electron chi connectivity index (χ0n) is 14.3. The Labute approximate surface area is 146 Å². The lowest BCUT2D eigenvalue weighted by atomic mass is 10.1. The Balaban J connectivity index is 1.42. The predicted molar refractivity (Wildman–Crippen MR) is 90.5 cm³/mol. The van der Waals surface area contributed by atoms with E-state index in [9.17, 15) is 4.79 Å². The molecule has 4 rings (SSSR count). The Hall–Kier alpha value is -2.34. The molecule has 1 saturated heterocycles. The van der Waals surface area contributed by atoms with Crippen molar-refractivity contribution in [3.63, 3.8) is 0 Å². The van der Waals surface area contributed by atoms with Crippen molar-refractivity contribution < 1.29 is 18.7 Å². The molecule has 0 N–H and O–H groups in total. The van der Waals surface area contributed by atoms with Crippen molar-refractivity contribution >= 4 is 5.91 Å². The van der Waals surface area contributed by atoms with Gasteiger partial charge in [0, 0.05) is 18.8 Å². The van der Waals surface area contributed by atoms with Gasteiger partial charge in [-0.1, -0.05) is 6.07 Å². The lowest BCUT2D eigenvalue weighted by Crippen LogP contribution is -2.51. The maximum absolute atomic E-state index is 12.9. The van der Waals surface area contributed by atoms with Crippen LogP contribution in [0, 0.1) is 12.8 Å². The highest BCUT2D eigenvalue weighted by molar-refractivity contribution is 5.95. The van der Waals surface area contributed by atoms with Gasteiger partial charge in [-0.25, -0.2) is 4.98 Å². The van der Waals surface area contributed by atoms with Gasteiger partial charge in [0.2, 0.25) is 5.88 Å². The standard InChI is InChI=1S/C19H22N2O4/c1-13-15(5-8-23-13)19(22)21-7-9-24-17-11-14(10-16(17)21)12-25-18-4-2-3-6-20-18/h2-6,8,14,16-17H,7,9-12H2,1H3/t14-,16+,17+/m0/s1. The molecule has 2 aromatic heterocycles. The van der Waals surface area contributed by atoms with Crippen LogP contribution < -0.4 is 4.74 Å². The van der Waals surface area contributed by atoms with Crippen molar-refractivity contribution in [1.29, 1.82) is 0 Å². The summed E-state index contributed by atoms with van der Waals surface area (Å²) in [6.45, 7) is 3.62. The van der Waals surface area contributed by atoms with Crippen molar-refractivity contribution in [1.82, 2.24) is 9.88 Å². The number of ether oxygens (including phenoxy) is 2. The predicted octanol–water partition coefficient (Wildman–Crippen LogP) is 2.68. The summed E-state index contributed by atoms with van der Waals surface area (Å²) < 4.78 is 17.0. The van der Waals surface area contributed by atoms with Crippen LogP contribution in [0.5, 0.6) is 5.88 Å². The monoisotopic (exact) mass is 342 g/mol. The van der Waals surface area contributed by atoms with Gasteiger partial charge in [0.1, 0.15) is 5.76 Å². The first kappa shape index (κ1) is 16.1. The molecule has 0 unspecified atom stereocenters. The van der Waals surface area contributed by atoms with Crippen molar-refractivity contribution in [2.75, 3.05) is 19.8 Å². The minimum atomic E-state index is 0.0378. The van der Waals surface area contributed by atoms with Gasteiger partial charge in [-0.05, 0) is 37.8 Å². The van der Waals surface area contributed by atoms with E-state index in [1.165, 1.54) is 0 Å². The van der Waals surface area contributed by atoms with Gasteiger partial charge in [0.05, 0.1) is 37.2 Å². The highest BCUT2D eigenvalue weighted by Crippen LogP contribution is 2.35. The summed E-state index contributed by atoms with van der Waals surface area (Å²) in [5.74, 6) is 1.70. The molecule has 0 spiro atoms. The number of hydrogen-bond acceptors (Lipinski definition) is 5. The number of rotatable bonds is 4. The second-order valence-corrected chi connectivity index (χ2v) is 6.68. The van der Waals surface area contributed by atoms with E-state index in [1.54, 1.807) is 18.5 Å². The summed E-state index contributed by atoms with van der Waals surface area (Å²) in [6.07, 6.45) is 5.17. The first-order chi connectivity index (χ1) is 12.2. The fourth-order valence-corrected chi connectivity index (χ4v) is 3.84. The smallest absolute Gasteiger partial charge is 0.257 e. The molecule has 2 aromatic rings. The molecule has 1 aliphatic heterocycles. The molecule has 1 saturated carbocycles. The third-order valence-corrected chi connectivity index (χ3v) is 5.09. The number of amides is 1. The van der Waals surface area contributed by atoms with Crippen LogP contribution in [0.4, 0.5) is 0 Å². The number of nitrogens with zero attached hydrogens (tertiary/aromatic N) is 2. The second-order valence-electron chi connectivity index (χ2n) is 6.68. The van der Waals surface area contributed by atoms with Crippen LogP contribution >= 0.6 is 0 Å². The number of carbonyl (C=O) groups is 1. The van der Waals surface area contributed by atoms with E-state index in [0.717, 1.165) is 12.8 Å². The Morgan fingerprint density at radius 1 is 1.36 bits per heavy atom. The Morgan fingerprint density at radius 2 is 2.28 bits per heavy atom. The average Bonchev–Trinajstić information content (AvgIpc) is 3.25. The minimum absolute atomic E-state index is 0.0378. The average molecular weight is 342 g/mol. The second kappa shape index (κ2) is 6.88. The van der Waals surface area contributed by atoms with E-state index in [4.69, 9.17) is 13.9 Å². The van der Waals surface area contributed by atoms with Crippen LogP contribution in [-0.4, -0.2) is 47.7 Å². The molecule has 132 valence electrons. The van der Waals surface area contributed by atoms with E-state index in [-0.39, 0.29) is 18.1 Å². The van der Waals surface area contributed by atoms with Crippen molar-refractivity contribution in [3.8, 4) is 5.88 Å². The molecular weight excluding hydrogens is 320 g/mol. The number of carbonyl (C=O) groups excluding carboxylic acids is 1. The van der Waals surface area contributed by atoms with Gasteiger partial charge in [0.15, 0.2) is 0 Å². The van der Waals surface area contributed by atoms with Gasteiger partial charge < -0.3 is 18.8 Å². The first-order valence-corrected chi connectivity index (χ1v) is 8.73. The molecule has 2 fully saturated rings. The van der Waals surface area contributed by atoms with Gasteiger partial charge in [-0.2, -0.15) is 0 Å². The van der Waals surface area contributed by atoms with E-state index in [0.29, 0.717) is 42.9 Å². The fraction of sp³-hybridized carbons (Fsp3) is 0.474. The molecule has 2 aliphatic rings. The molecule has 1 amide bonds. The van der Waals surface area contributed by atoms with E-state index >= 15 is 0 Å². The van der Waals surface area contributed by atoms with E-state index in [2.05, 4.69) is 4.98 Å². The number of aromatic nitrogens is 1. The molecule has 25 heavy (non-hydrogen) atoms. The zero-order valence-corrected chi connectivity index (χ0v) is 14.3. The van der Waals surface area contributed by atoms with E-state index in [1.807, 2.05) is 30.0 Å². The van der Waals surface area contributed by atoms with E-state index < -0.39 is 0 Å². The largest absolute Gasteiger partial charge is 0.477 e. The van der Waals surface area contributed by atoms with Crippen LogP contribution in [0.25, 0.3) is 0 Å². The van der Waals surface area contributed by atoms with Crippen LogP contribution in [0.2, 0.25) is 0 Å². The lowest BCUT2D eigenvalue weighted by molar-refractivity contribution is -0.0449. The van der Waals surface area contributed by atoms with Gasteiger partial charge in [-0.3, -0.25) is 4.79 Å². The van der Waals surface area contributed by atoms with Crippen LogP contribution in [-0.2, 0) is 4.74 Å². The zero-order chi connectivity index (χ0) is 17.2. The molecule has 0 aromatic carbocycles. The molecule has 6 nitrogen and oxygen atoms in total. The summed E-state index contributed by atoms with van der Waals surface area (Å²) in [7, 11) is 0. The third kappa shape index (κ3) is 3.26. The quantitative estimate of drug-likeness (QED) is 0.855. The third-order valence-electron chi connectivity index (χ3n) is 5.09. The molecule has 6 heteroatoms. The minimum Gasteiger partial charge on any atom is -0.477 e. The number of hydrogen-bond donors (Lipinski definition) is 0. The van der Waals surface area contributed by atoms with Crippen molar-refractivity contribution in [2.24, 2.45) is 5.92 Å². The van der Waals surface area contributed by atoms with Crippen LogP contribution in [0.1, 0.15) is 29.0 Å². The normalized spacial score (nSPS) is 25.6. The first-order valence-electron chi connectivity index (χ1n) is 8.73. The Kier molecular flexibility index (Phi) is 4.44. The molecule has 3 atom stereocenters. The lowest BCUT2D eigenvalue weighted by Gasteiger charge is -2.37. The maximum atomic E-state index is 12.9. The van der Waals surface area contributed by atoms with Gasteiger partial charge in [-0.15, -0.1) is 0 Å². The van der Waals surface area contributed by atoms with Crippen LogP contribution in [0.3, 0.4) is 0 Å². The molecule has 1 aliphatic carbocycles. The Bertz CT molecular complexity index is 730. The molecular formula is C19H22N2O4. The SMILES string of the molecule is Cc1occc1C(=O)N1CCO[C@@H]2C[C@@H](COc3ccccn3)C[C@H]21. The van der Waals surface area contributed by atoms with Gasteiger partial charge in [0.25, 0.3) is 5.91 Å². The maximum Gasteiger partial charge on any atom is 0.257 e.